The second-order valence-corrected chi connectivity index (χ2v) is 5.00. The maximum absolute atomic E-state index is 12.3. The first-order chi connectivity index (χ1) is 10.3. The monoisotopic (exact) mass is 354 g/mol. The minimum Gasteiger partial charge on any atom is -0.484 e. The van der Waals surface area contributed by atoms with Crippen molar-refractivity contribution in [2.45, 2.75) is 32.5 Å². The zero-order valence-electron chi connectivity index (χ0n) is 13.1. The molecule has 0 saturated carbocycles. The van der Waals surface area contributed by atoms with Crippen LogP contribution in [-0.4, -0.2) is 32.3 Å². The van der Waals surface area contributed by atoms with Gasteiger partial charge in [0.05, 0.1) is 0 Å². The summed E-state index contributed by atoms with van der Waals surface area (Å²) in [5, 5.41) is 5.62. The SMILES string of the molecule is CNCCCC(=O)NCc1ccc(C)cc1OCC(F)(F)F.Cl. The standard InChI is InChI=1S/C15H21F3N2O2.ClH/c1-11-5-6-12(9-20-14(21)4-3-7-19-2)13(8-11)22-10-15(16,17)18;/h5-6,8,19H,3-4,7,9-10H2,1-2H3,(H,20,21);1H. The predicted octanol–water partition coefficient (Wildman–Crippen LogP) is 2.97. The minimum absolute atomic E-state index is 0. The van der Waals surface area contributed by atoms with E-state index in [2.05, 4.69) is 10.6 Å². The Morgan fingerprint density at radius 2 is 2.00 bits per heavy atom. The van der Waals surface area contributed by atoms with Gasteiger partial charge >= 0.3 is 6.18 Å². The lowest BCUT2D eigenvalue weighted by Gasteiger charge is -2.14. The van der Waals surface area contributed by atoms with Crippen LogP contribution in [0.2, 0.25) is 0 Å². The highest BCUT2D eigenvalue weighted by atomic mass is 35.5. The lowest BCUT2D eigenvalue weighted by molar-refractivity contribution is -0.153. The van der Waals surface area contributed by atoms with E-state index in [-0.39, 0.29) is 30.6 Å². The molecule has 1 amide bonds. The van der Waals surface area contributed by atoms with Gasteiger partial charge in [0.2, 0.25) is 5.91 Å². The molecule has 0 aromatic heterocycles. The van der Waals surface area contributed by atoms with E-state index >= 15 is 0 Å². The number of benzene rings is 1. The molecule has 0 aliphatic carbocycles. The van der Waals surface area contributed by atoms with Crippen LogP contribution in [0.1, 0.15) is 24.0 Å². The van der Waals surface area contributed by atoms with E-state index in [1.807, 2.05) is 0 Å². The van der Waals surface area contributed by atoms with Crippen molar-refractivity contribution < 1.29 is 22.7 Å². The number of ether oxygens (including phenoxy) is 1. The lowest BCUT2D eigenvalue weighted by Crippen LogP contribution is -2.25. The van der Waals surface area contributed by atoms with Gasteiger partial charge in [-0.2, -0.15) is 13.2 Å². The first kappa shape index (κ1) is 21.5. The van der Waals surface area contributed by atoms with Gasteiger partial charge in [-0.05, 0) is 38.6 Å². The molecule has 0 unspecified atom stereocenters. The molecule has 0 spiro atoms. The van der Waals surface area contributed by atoms with Crippen molar-refractivity contribution in [3.63, 3.8) is 0 Å². The van der Waals surface area contributed by atoms with Gasteiger partial charge in [0.1, 0.15) is 5.75 Å². The van der Waals surface area contributed by atoms with Crippen molar-refractivity contribution in [2.24, 2.45) is 0 Å². The van der Waals surface area contributed by atoms with Crippen LogP contribution in [0.3, 0.4) is 0 Å². The molecule has 1 aromatic rings. The fourth-order valence-corrected chi connectivity index (χ4v) is 1.81. The number of alkyl halides is 3. The summed E-state index contributed by atoms with van der Waals surface area (Å²) < 4.78 is 41.6. The third kappa shape index (κ3) is 9.30. The van der Waals surface area contributed by atoms with Gasteiger partial charge in [-0.1, -0.05) is 12.1 Å². The number of nitrogens with one attached hydrogen (secondary N) is 2. The van der Waals surface area contributed by atoms with E-state index in [1.165, 1.54) is 6.07 Å². The highest BCUT2D eigenvalue weighted by Gasteiger charge is 2.28. The van der Waals surface area contributed by atoms with Crippen LogP contribution in [0, 0.1) is 6.92 Å². The minimum atomic E-state index is -4.39. The number of hydrogen-bond donors (Lipinski definition) is 2. The average molecular weight is 355 g/mol. The Bertz CT molecular complexity index is 496. The molecule has 0 aliphatic heterocycles. The molecule has 0 heterocycles. The highest BCUT2D eigenvalue weighted by molar-refractivity contribution is 5.85. The molecule has 23 heavy (non-hydrogen) atoms. The van der Waals surface area contributed by atoms with Gasteiger partial charge in [-0.15, -0.1) is 12.4 Å². The van der Waals surface area contributed by atoms with Crippen molar-refractivity contribution >= 4 is 18.3 Å². The summed E-state index contributed by atoms with van der Waals surface area (Å²) in [6.07, 6.45) is -3.32. The van der Waals surface area contributed by atoms with Crippen molar-refractivity contribution in [1.29, 1.82) is 0 Å². The van der Waals surface area contributed by atoms with E-state index in [1.54, 1.807) is 26.1 Å². The van der Waals surface area contributed by atoms with Crippen molar-refractivity contribution in [3.8, 4) is 5.75 Å². The summed E-state index contributed by atoms with van der Waals surface area (Å²) in [7, 11) is 1.80. The molecule has 1 rings (SSSR count). The van der Waals surface area contributed by atoms with Crippen molar-refractivity contribution in [3.05, 3.63) is 29.3 Å². The molecule has 0 radical (unpaired) electrons. The second kappa shape index (κ2) is 10.3. The highest BCUT2D eigenvalue weighted by Crippen LogP contribution is 2.23. The van der Waals surface area contributed by atoms with Gasteiger partial charge in [-0.3, -0.25) is 4.79 Å². The molecule has 2 N–H and O–H groups in total. The molecule has 0 bridgehead atoms. The van der Waals surface area contributed by atoms with Crippen LogP contribution < -0.4 is 15.4 Å². The molecule has 0 atom stereocenters. The normalized spacial score (nSPS) is 10.8. The Morgan fingerprint density at radius 1 is 1.30 bits per heavy atom. The zero-order chi connectivity index (χ0) is 16.6. The first-order valence-electron chi connectivity index (χ1n) is 7.02. The van der Waals surface area contributed by atoms with Gasteiger partial charge in [0.15, 0.2) is 6.61 Å². The van der Waals surface area contributed by atoms with Crippen LogP contribution >= 0.6 is 12.4 Å². The second-order valence-electron chi connectivity index (χ2n) is 5.00. The number of hydrogen-bond acceptors (Lipinski definition) is 3. The molecule has 4 nitrogen and oxygen atoms in total. The Hall–Kier alpha value is -1.47. The lowest BCUT2D eigenvalue weighted by atomic mass is 10.1. The Balaban J connectivity index is 0.00000484. The average Bonchev–Trinajstić information content (AvgIpc) is 2.43. The first-order valence-corrected chi connectivity index (χ1v) is 7.02. The van der Waals surface area contributed by atoms with Gasteiger partial charge in [-0.25, -0.2) is 0 Å². The molecule has 0 fully saturated rings. The predicted molar refractivity (Wildman–Crippen MR) is 85.0 cm³/mol. The van der Waals surface area contributed by atoms with Crippen molar-refractivity contribution in [1.82, 2.24) is 10.6 Å². The maximum Gasteiger partial charge on any atom is 0.422 e. The zero-order valence-corrected chi connectivity index (χ0v) is 13.9. The van der Waals surface area contributed by atoms with Crippen LogP contribution in [0.5, 0.6) is 5.75 Å². The van der Waals surface area contributed by atoms with Crippen LogP contribution in [0.4, 0.5) is 13.2 Å². The van der Waals surface area contributed by atoms with E-state index in [0.29, 0.717) is 18.4 Å². The summed E-state index contributed by atoms with van der Waals surface area (Å²) >= 11 is 0. The molecular weight excluding hydrogens is 333 g/mol. The van der Waals surface area contributed by atoms with Crippen LogP contribution in [0.15, 0.2) is 18.2 Å². The topological polar surface area (TPSA) is 50.4 Å². The molecule has 0 aliphatic rings. The number of halogens is 4. The van der Waals surface area contributed by atoms with Crippen LogP contribution in [0.25, 0.3) is 0 Å². The van der Waals surface area contributed by atoms with E-state index in [4.69, 9.17) is 4.74 Å². The van der Waals surface area contributed by atoms with E-state index in [0.717, 1.165) is 12.1 Å². The van der Waals surface area contributed by atoms with Gasteiger partial charge < -0.3 is 15.4 Å². The smallest absolute Gasteiger partial charge is 0.422 e. The summed E-state index contributed by atoms with van der Waals surface area (Å²) in [5.74, 6) is 0.00504. The Kier molecular flexibility index (Phi) is 9.67. The fraction of sp³-hybridized carbons (Fsp3) is 0.533. The maximum atomic E-state index is 12.3. The quantitative estimate of drug-likeness (QED) is 0.706. The Labute approximate surface area is 140 Å². The Morgan fingerprint density at radius 3 is 2.61 bits per heavy atom. The third-order valence-electron chi connectivity index (χ3n) is 2.92. The summed E-state index contributed by atoms with van der Waals surface area (Å²) in [4.78, 5) is 11.6. The summed E-state index contributed by atoms with van der Waals surface area (Å²) in [6.45, 7) is 1.30. The number of carbonyl (C=O) groups is 1. The van der Waals surface area contributed by atoms with Crippen LogP contribution in [-0.2, 0) is 11.3 Å². The number of aryl methyl sites for hydroxylation is 1. The largest absolute Gasteiger partial charge is 0.484 e. The molecular formula is C15H22ClF3N2O2. The molecule has 1 aromatic carbocycles. The number of amides is 1. The summed E-state index contributed by atoms with van der Waals surface area (Å²) in [5.41, 5.74) is 1.32. The fourth-order valence-electron chi connectivity index (χ4n) is 1.81. The van der Waals surface area contributed by atoms with Gasteiger partial charge in [0.25, 0.3) is 0 Å². The van der Waals surface area contributed by atoms with E-state index < -0.39 is 12.8 Å². The summed E-state index contributed by atoms with van der Waals surface area (Å²) in [6, 6.07) is 4.96. The number of carbonyl (C=O) groups excluding carboxylic acids is 1. The number of rotatable bonds is 8. The van der Waals surface area contributed by atoms with Crippen molar-refractivity contribution in [2.75, 3.05) is 20.2 Å². The van der Waals surface area contributed by atoms with E-state index in [9.17, 15) is 18.0 Å². The molecule has 132 valence electrons. The molecule has 8 heteroatoms. The third-order valence-corrected chi connectivity index (χ3v) is 2.92. The molecule has 0 saturated heterocycles. The van der Waals surface area contributed by atoms with Gasteiger partial charge in [0, 0.05) is 18.5 Å².